The minimum Gasteiger partial charge on any atom is -0.142 e. The lowest BCUT2D eigenvalue weighted by Crippen LogP contribution is -1.88. The molecular weight excluding hydrogens is 196 g/mol. The Morgan fingerprint density at radius 3 is 2.62 bits per heavy atom. The first-order chi connectivity index (χ1) is 6.25. The molecule has 0 fully saturated rings. The van der Waals surface area contributed by atoms with Crippen molar-refractivity contribution in [2.75, 3.05) is 0 Å². The summed E-state index contributed by atoms with van der Waals surface area (Å²) >= 11 is 8.77. The Bertz CT molecular complexity index is 269. The molecule has 0 spiro atoms. The molecular formula is C11H16S2. The summed E-state index contributed by atoms with van der Waals surface area (Å²) in [6.07, 6.45) is 4.94. The smallest absolute Gasteiger partial charge is 0.0206 e. The summed E-state index contributed by atoms with van der Waals surface area (Å²) in [6, 6.07) is 6.16. The van der Waals surface area contributed by atoms with Gasteiger partial charge in [0.25, 0.3) is 0 Å². The SMILES string of the molecule is CCCCCc1cccc(S)c1S. The van der Waals surface area contributed by atoms with Gasteiger partial charge in [-0.2, -0.15) is 0 Å². The quantitative estimate of drug-likeness (QED) is 0.547. The van der Waals surface area contributed by atoms with Crippen molar-refractivity contribution in [2.45, 2.75) is 42.4 Å². The third kappa shape index (κ3) is 3.28. The van der Waals surface area contributed by atoms with Crippen LogP contribution in [0.15, 0.2) is 28.0 Å². The van der Waals surface area contributed by atoms with Gasteiger partial charge >= 0.3 is 0 Å². The highest BCUT2D eigenvalue weighted by molar-refractivity contribution is 7.83. The molecule has 13 heavy (non-hydrogen) atoms. The summed E-state index contributed by atoms with van der Waals surface area (Å²) in [5, 5.41) is 0. The maximum absolute atomic E-state index is 4.44. The molecule has 0 saturated heterocycles. The first-order valence-electron chi connectivity index (χ1n) is 4.75. The van der Waals surface area contributed by atoms with Gasteiger partial charge in [-0.25, -0.2) is 0 Å². The number of aryl methyl sites for hydroxylation is 1. The zero-order chi connectivity index (χ0) is 9.68. The van der Waals surface area contributed by atoms with Gasteiger partial charge in [-0.15, -0.1) is 25.3 Å². The van der Waals surface area contributed by atoms with Crippen molar-refractivity contribution in [3.05, 3.63) is 23.8 Å². The van der Waals surface area contributed by atoms with E-state index in [1.165, 1.54) is 24.8 Å². The van der Waals surface area contributed by atoms with Gasteiger partial charge in [-0.05, 0) is 24.5 Å². The summed E-state index contributed by atoms with van der Waals surface area (Å²) in [6.45, 7) is 2.22. The number of unbranched alkanes of at least 4 members (excludes halogenated alkanes) is 2. The van der Waals surface area contributed by atoms with E-state index >= 15 is 0 Å². The Labute approximate surface area is 91.6 Å². The highest BCUT2D eigenvalue weighted by Crippen LogP contribution is 2.23. The predicted molar refractivity (Wildman–Crippen MR) is 64.2 cm³/mol. The van der Waals surface area contributed by atoms with Gasteiger partial charge in [0.15, 0.2) is 0 Å². The Balaban J connectivity index is 2.61. The van der Waals surface area contributed by atoms with E-state index in [0.29, 0.717) is 0 Å². The zero-order valence-corrected chi connectivity index (χ0v) is 9.74. The molecule has 0 heterocycles. The Kier molecular flexibility index (Phi) is 4.74. The van der Waals surface area contributed by atoms with Crippen molar-refractivity contribution in [1.82, 2.24) is 0 Å². The fraction of sp³-hybridized carbons (Fsp3) is 0.455. The minimum absolute atomic E-state index is 0.984. The van der Waals surface area contributed by atoms with Gasteiger partial charge in [-0.1, -0.05) is 31.9 Å². The summed E-state index contributed by atoms with van der Waals surface area (Å²) in [5.74, 6) is 0. The van der Waals surface area contributed by atoms with E-state index in [1.807, 2.05) is 12.1 Å². The van der Waals surface area contributed by atoms with Gasteiger partial charge in [0.2, 0.25) is 0 Å². The van der Waals surface area contributed by atoms with Crippen molar-refractivity contribution >= 4 is 25.3 Å². The lowest BCUT2D eigenvalue weighted by atomic mass is 10.1. The summed E-state index contributed by atoms with van der Waals surface area (Å²) in [7, 11) is 0. The maximum atomic E-state index is 4.44. The van der Waals surface area contributed by atoms with E-state index in [1.54, 1.807) is 0 Å². The molecule has 72 valence electrons. The third-order valence-electron chi connectivity index (χ3n) is 2.15. The van der Waals surface area contributed by atoms with Crippen LogP contribution in [0.2, 0.25) is 0 Å². The van der Waals surface area contributed by atoms with E-state index in [-0.39, 0.29) is 0 Å². The van der Waals surface area contributed by atoms with Crippen LogP contribution in [-0.4, -0.2) is 0 Å². The molecule has 0 amide bonds. The molecule has 0 aliphatic heterocycles. The Morgan fingerprint density at radius 2 is 1.92 bits per heavy atom. The number of hydrogen-bond donors (Lipinski definition) is 2. The summed E-state index contributed by atoms with van der Waals surface area (Å²) in [5.41, 5.74) is 1.32. The molecule has 0 atom stereocenters. The van der Waals surface area contributed by atoms with Crippen molar-refractivity contribution < 1.29 is 0 Å². The standard InChI is InChI=1S/C11H16S2/c1-2-3-4-6-9-7-5-8-10(12)11(9)13/h5,7-8,12-13H,2-4,6H2,1H3. The van der Waals surface area contributed by atoms with Gasteiger partial charge in [-0.3, -0.25) is 0 Å². The van der Waals surface area contributed by atoms with Crippen molar-refractivity contribution in [3.8, 4) is 0 Å². The number of rotatable bonds is 4. The average Bonchev–Trinajstić information content (AvgIpc) is 2.13. The number of thiol groups is 2. The topological polar surface area (TPSA) is 0 Å². The summed E-state index contributed by atoms with van der Waals surface area (Å²) in [4.78, 5) is 2.03. The van der Waals surface area contributed by atoms with Gasteiger partial charge in [0.05, 0.1) is 0 Å². The van der Waals surface area contributed by atoms with Crippen LogP contribution in [0.1, 0.15) is 31.7 Å². The molecule has 0 nitrogen and oxygen atoms in total. The van der Waals surface area contributed by atoms with E-state index in [0.717, 1.165) is 16.2 Å². The van der Waals surface area contributed by atoms with Gasteiger partial charge in [0.1, 0.15) is 0 Å². The van der Waals surface area contributed by atoms with Crippen LogP contribution in [0, 0.1) is 0 Å². The predicted octanol–water partition coefficient (Wildman–Crippen LogP) is 4.00. The third-order valence-corrected chi connectivity index (χ3v) is 3.23. The Morgan fingerprint density at radius 1 is 1.15 bits per heavy atom. The van der Waals surface area contributed by atoms with Gasteiger partial charge < -0.3 is 0 Å². The van der Waals surface area contributed by atoms with E-state index in [2.05, 4.69) is 38.2 Å². The van der Waals surface area contributed by atoms with Crippen LogP contribution in [0.4, 0.5) is 0 Å². The second-order valence-corrected chi connectivity index (χ2v) is 4.17. The fourth-order valence-electron chi connectivity index (χ4n) is 1.34. The zero-order valence-electron chi connectivity index (χ0n) is 7.95. The molecule has 0 bridgehead atoms. The molecule has 2 heteroatoms. The molecule has 0 N–H and O–H groups in total. The van der Waals surface area contributed by atoms with Crippen LogP contribution in [-0.2, 0) is 6.42 Å². The number of hydrogen-bond acceptors (Lipinski definition) is 2. The molecule has 1 aromatic rings. The van der Waals surface area contributed by atoms with Crippen LogP contribution in [0.25, 0.3) is 0 Å². The molecule has 1 rings (SSSR count). The largest absolute Gasteiger partial charge is 0.142 e. The van der Waals surface area contributed by atoms with Crippen molar-refractivity contribution in [3.63, 3.8) is 0 Å². The monoisotopic (exact) mass is 212 g/mol. The van der Waals surface area contributed by atoms with Crippen LogP contribution in [0.3, 0.4) is 0 Å². The van der Waals surface area contributed by atoms with E-state index in [9.17, 15) is 0 Å². The molecule has 0 saturated carbocycles. The molecule has 0 radical (unpaired) electrons. The minimum atomic E-state index is 0.984. The second-order valence-electron chi connectivity index (χ2n) is 3.24. The maximum Gasteiger partial charge on any atom is 0.0206 e. The lowest BCUT2D eigenvalue weighted by molar-refractivity contribution is 0.710. The molecule has 1 aromatic carbocycles. The molecule has 0 unspecified atom stereocenters. The first-order valence-corrected chi connectivity index (χ1v) is 5.65. The number of benzene rings is 1. The van der Waals surface area contributed by atoms with Crippen LogP contribution < -0.4 is 0 Å². The van der Waals surface area contributed by atoms with E-state index < -0.39 is 0 Å². The molecule has 0 aromatic heterocycles. The average molecular weight is 212 g/mol. The molecule has 0 aliphatic rings. The Hall–Kier alpha value is -0.0800. The van der Waals surface area contributed by atoms with Crippen molar-refractivity contribution in [1.29, 1.82) is 0 Å². The first kappa shape index (κ1) is 11.0. The molecule has 0 aliphatic carbocycles. The van der Waals surface area contributed by atoms with Crippen LogP contribution in [0.5, 0.6) is 0 Å². The lowest BCUT2D eigenvalue weighted by Gasteiger charge is -2.06. The summed E-state index contributed by atoms with van der Waals surface area (Å²) < 4.78 is 0. The fourth-order valence-corrected chi connectivity index (χ4v) is 1.84. The highest BCUT2D eigenvalue weighted by Gasteiger charge is 2.00. The van der Waals surface area contributed by atoms with E-state index in [4.69, 9.17) is 0 Å². The van der Waals surface area contributed by atoms with Gasteiger partial charge in [0, 0.05) is 9.79 Å². The normalized spacial score (nSPS) is 10.4. The second kappa shape index (κ2) is 5.61. The van der Waals surface area contributed by atoms with Crippen LogP contribution >= 0.6 is 25.3 Å². The highest BCUT2D eigenvalue weighted by atomic mass is 32.1. The van der Waals surface area contributed by atoms with Crippen molar-refractivity contribution in [2.24, 2.45) is 0 Å².